The van der Waals surface area contributed by atoms with Crippen molar-refractivity contribution in [1.29, 1.82) is 0 Å². The van der Waals surface area contributed by atoms with E-state index in [1.807, 2.05) is 6.08 Å². The van der Waals surface area contributed by atoms with Crippen LogP contribution >= 0.6 is 93.8 Å². The lowest BCUT2D eigenvalue weighted by Gasteiger charge is -2.23. The summed E-state index contributed by atoms with van der Waals surface area (Å²) in [5.41, 5.74) is 1.10. The van der Waals surface area contributed by atoms with Gasteiger partial charge in [-0.3, -0.25) is 29.1 Å². The minimum Gasteiger partial charge on any atom is -0.481 e. The fourth-order valence-electron chi connectivity index (χ4n) is 6.65. The zero-order valence-electron chi connectivity index (χ0n) is 32.8. The second kappa shape index (κ2) is 27.5. The third-order valence-electron chi connectivity index (χ3n) is 9.43. The molecule has 1 aromatic carbocycles. The van der Waals surface area contributed by atoms with Crippen molar-refractivity contribution >= 4 is 128 Å². The summed E-state index contributed by atoms with van der Waals surface area (Å²) in [6.45, 7) is 5.43. The van der Waals surface area contributed by atoms with Gasteiger partial charge in [-0.2, -0.15) is 0 Å². The number of carbonyl (C=O) groups excluding carboxylic acids is 3. The third-order valence-corrected chi connectivity index (χ3v) is 11.7. The van der Waals surface area contributed by atoms with Gasteiger partial charge >= 0.3 is 0 Å². The summed E-state index contributed by atoms with van der Waals surface area (Å²) in [7, 11) is 0. The van der Waals surface area contributed by atoms with Gasteiger partial charge in [0.2, 0.25) is 11.8 Å². The molecule has 57 heavy (non-hydrogen) atoms. The Kier molecular flexibility index (Phi) is 25.0. The monoisotopic (exact) mass is 946 g/mol. The maximum Gasteiger partial charge on any atom is 0.300 e. The van der Waals surface area contributed by atoms with Crippen LogP contribution in [-0.2, 0) is 14.4 Å². The van der Waals surface area contributed by atoms with Crippen molar-refractivity contribution in [2.75, 3.05) is 13.1 Å². The Balaban J connectivity index is 0.000000286. The van der Waals surface area contributed by atoms with Gasteiger partial charge in [-0.25, -0.2) is 4.31 Å². The normalized spacial score (nSPS) is 18.4. The van der Waals surface area contributed by atoms with Gasteiger partial charge in [0.05, 0.1) is 29.8 Å². The number of carbonyl (C=O) groups is 4. The summed E-state index contributed by atoms with van der Waals surface area (Å²) >= 11 is 39.4. The Bertz CT molecular complexity index is 1480. The predicted octanol–water partition coefficient (Wildman–Crippen LogP) is 12.4. The molecule has 0 spiro atoms. The molecule has 0 radical (unpaired) electrons. The molecule has 4 aliphatic rings. The quantitative estimate of drug-likeness (QED) is 0.0301. The number of fused-ring (bicyclic) bond motifs is 2. The summed E-state index contributed by atoms with van der Waals surface area (Å²) in [4.78, 5) is 50.3. The molecular weight excluding hydrogens is 893 g/mol. The van der Waals surface area contributed by atoms with E-state index in [1.165, 1.54) is 109 Å². The Morgan fingerprint density at radius 1 is 0.860 bits per heavy atom. The maximum atomic E-state index is 11.9. The summed E-state index contributed by atoms with van der Waals surface area (Å²) in [6, 6.07) is 6.90. The first kappa shape index (κ1) is 51.8. The molecule has 1 aromatic rings. The number of amidine groups is 1. The van der Waals surface area contributed by atoms with Crippen LogP contribution in [0.2, 0.25) is 0 Å². The first-order valence-corrected chi connectivity index (χ1v) is 23.3. The van der Waals surface area contributed by atoms with Crippen LogP contribution in [0.1, 0.15) is 145 Å². The highest BCUT2D eigenvalue weighted by molar-refractivity contribution is 8.03. The SMILES string of the molecule is CC(=O)O.CCCCCCCCCCCCCCCCCC1=NCCN1.O=C1C2C=CCCC2C(=O)N1SC(Cl)(Cl)Cl.O=C1c2ccccc2C(=S)N1C(Cl)(Cl)Cl. The first-order chi connectivity index (χ1) is 27.0. The number of nitrogens with zero attached hydrogens (tertiary/aromatic N) is 3. The number of allylic oxidation sites excluding steroid dienone is 1. The molecule has 1 saturated heterocycles. The predicted molar refractivity (Wildman–Crippen MR) is 243 cm³/mol. The lowest BCUT2D eigenvalue weighted by molar-refractivity contribution is -0.135. The highest BCUT2D eigenvalue weighted by Crippen LogP contribution is 2.46. The van der Waals surface area contributed by atoms with Crippen molar-refractivity contribution in [3.05, 3.63) is 47.5 Å². The van der Waals surface area contributed by atoms with Gasteiger partial charge in [0.1, 0.15) is 4.99 Å². The van der Waals surface area contributed by atoms with Gasteiger partial charge in [-0.15, -0.1) is 0 Å². The molecule has 3 aliphatic heterocycles. The smallest absolute Gasteiger partial charge is 0.300 e. The van der Waals surface area contributed by atoms with Crippen LogP contribution in [0.15, 0.2) is 41.4 Å². The number of nitrogens with one attached hydrogen (secondary N) is 1. The molecule has 1 fully saturated rings. The number of imide groups is 1. The van der Waals surface area contributed by atoms with E-state index in [-0.39, 0.29) is 34.5 Å². The van der Waals surface area contributed by atoms with Crippen LogP contribution < -0.4 is 5.32 Å². The number of carboxylic acids is 1. The molecule has 3 heterocycles. The second-order valence-corrected chi connectivity index (χ2v) is 20.8. The lowest BCUT2D eigenvalue weighted by atomic mass is 9.86. The van der Waals surface area contributed by atoms with Crippen molar-refractivity contribution < 1.29 is 24.3 Å². The van der Waals surface area contributed by atoms with E-state index in [2.05, 4.69) is 17.2 Å². The summed E-state index contributed by atoms with van der Waals surface area (Å²) < 4.78 is -2.55. The van der Waals surface area contributed by atoms with Crippen LogP contribution in [-0.4, -0.2) is 69.0 Å². The highest BCUT2D eigenvalue weighted by Gasteiger charge is 2.49. The Morgan fingerprint density at radius 3 is 1.81 bits per heavy atom. The summed E-state index contributed by atoms with van der Waals surface area (Å²) in [5.74, 6) is -1.15. The number of halogens is 6. The van der Waals surface area contributed by atoms with E-state index in [9.17, 15) is 14.4 Å². The Labute approximate surface area is 378 Å². The first-order valence-electron chi connectivity index (χ1n) is 19.8. The molecule has 1 aliphatic carbocycles. The molecule has 2 unspecified atom stereocenters. The highest BCUT2D eigenvalue weighted by atomic mass is 35.6. The number of alkyl halides is 6. The van der Waals surface area contributed by atoms with Crippen molar-refractivity contribution in [1.82, 2.24) is 14.5 Å². The molecule has 3 amide bonds. The van der Waals surface area contributed by atoms with E-state index in [1.54, 1.807) is 30.3 Å². The molecule has 17 heteroatoms. The van der Waals surface area contributed by atoms with E-state index < -0.39 is 13.0 Å². The van der Waals surface area contributed by atoms with Gasteiger partial charge in [0.15, 0.2) is 0 Å². The van der Waals surface area contributed by atoms with Crippen LogP contribution in [0.4, 0.5) is 0 Å². The number of hydrogen-bond acceptors (Lipinski definition) is 8. The van der Waals surface area contributed by atoms with Gasteiger partial charge in [-0.1, -0.05) is 209 Å². The van der Waals surface area contributed by atoms with Crippen molar-refractivity contribution in [3.8, 4) is 0 Å². The number of carboxylic acid groups (broad SMARTS) is 1. The fourth-order valence-corrected chi connectivity index (χ4v) is 8.95. The van der Waals surface area contributed by atoms with Crippen molar-refractivity contribution in [3.63, 3.8) is 0 Å². The van der Waals surface area contributed by atoms with Crippen molar-refractivity contribution in [2.45, 2.75) is 136 Å². The number of unbranched alkanes of at least 4 members (excludes halogenated alkanes) is 14. The largest absolute Gasteiger partial charge is 0.481 e. The number of amides is 3. The number of hydrogen-bond donors (Lipinski definition) is 2. The van der Waals surface area contributed by atoms with Crippen LogP contribution in [0, 0.1) is 11.8 Å². The lowest BCUT2D eigenvalue weighted by Crippen LogP contribution is -2.39. The molecule has 2 N–H and O–H groups in total. The number of thiocarbonyl (C=S) groups is 1. The molecule has 9 nitrogen and oxygen atoms in total. The van der Waals surface area contributed by atoms with E-state index in [0.717, 1.165) is 35.6 Å². The van der Waals surface area contributed by atoms with Gasteiger partial charge < -0.3 is 10.4 Å². The van der Waals surface area contributed by atoms with E-state index in [0.29, 0.717) is 29.5 Å². The molecular formula is C40H56Cl6N4O5S2. The van der Waals surface area contributed by atoms with Gasteiger partial charge in [0, 0.05) is 37.4 Å². The Morgan fingerprint density at radius 2 is 1.37 bits per heavy atom. The molecule has 5 rings (SSSR count). The van der Waals surface area contributed by atoms with E-state index in [4.69, 9.17) is 91.7 Å². The minimum atomic E-state index is -1.84. The third kappa shape index (κ3) is 19.7. The van der Waals surface area contributed by atoms with Crippen LogP contribution in [0.5, 0.6) is 0 Å². The van der Waals surface area contributed by atoms with Crippen LogP contribution in [0.3, 0.4) is 0 Å². The minimum absolute atomic E-state index is 0.246. The Hall–Kier alpha value is -1.31. The summed E-state index contributed by atoms with van der Waals surface area (Å²) in [6.07, 6.45) is 27.9. The van der Waals surface area contributed by atoms with Gasteiger partial charge in [-0.05, 0) is 25.3 Å². The second-order valence-electron chi connectivity index (χ2n) is 14.1. The molecule has 2 atom stereocenters. The fraction of sp³-hybridized carbons (Fsp3) is 0.650. The maximum absolute atomic E-state index is 11.9. The molecule has 0 saturated carbocycles. The standard InChI is InChI=1S/C20H40N2.C9H8Cl3NO2S.C9H4Cl3NOS.C2H4O2/c1-2-3-4-5-6-7-8-9-10-11-12-13-14-15-16-17-20-21-18-19-22-20;10-9(11,12)16-13-7(14)5-3-1-2-4-6(5)8(13)15;10-9(11,12)13-7(14)5-3-1-2-4-6(5)8(13)15;1-2(3)4/h2-19H2,1H3,(H,21,22);1,3,5-6H,2,4H2;1-4H;1H3,(H,3,4). The van der Waals surface area contributed by atoms with Gasteiger partial charge in [0.25, 0.3) is 18.9 Å². The average Bonchev–Trinajstić information content (AvgIpc) is 3.82. The van der Waals surface area contributed by atoms with Crippen molar-refractivity contribution in [2.24, 2.45) is 16.8 Å². The number of benzene rings is 1. The number of aliphatic imine (C=N–C) groups is 1. The van der Waals surface area contributed by atoms with Crippen LogP contribution in [0.25, 0.3) is 0 Å². The number of aliphatic carboxylic acids is 1. The number of rotatable bonds is 17. The topological polar surface area (TPSA) is 119 Å². The molecule has 320 valence electrons. The van der Waals surface area contributed by atoms with E-state index >= 15 is 0 Å². The zero-order chi connectivity index (χ0) is 42.4. The summed E-state index contributed by atoms with van der Waals surface area (Å²) in [5, 5.41) is 10.8. The molecule has 0 bridgehead atoms. The zero-order valence-corrected chi connectivity index (χ0v) is 38.9. The average molecular weight is 950 g/mol. The molecule has 0 aromatic heterocycles.